The highest BCUT2D eigenvalue weighted by Crippen LogP contribution is 2.23. The molecule has 0 saturated heterocycles. The van der Waals surface area contributed by atoms with Gasteiger partial charge in [-0.25, -0.2) is 4.98 Å². The molecule has 0 saturated carbocycles. The number of pyridine rings is 1. The van der Waals surface area contributed by atoms with Crippen molar-refractivity contribution in [3.05, 3.63) is 64.7 Å². The molecular formula is C19H19ClN4O2. The second-order valence-corrected chi connectivity index (χ2v) is 6.27. The first kappa shape index (κ1) is 17.9. The van der Waals surface area contributed by atoms with E-state index in [9.17, 15) is 9.59 Å². The van der Waals surface area contributed by atoms with Gasteiger partial charge in [-0.1, -0.05) is 30.7 Å². The van der Waals surface area contributed by atoms with Crippen LogP contribution >= 0.6 is 11.6 Å². The number of aromatic nitrogens is 2. The van der Waals surface area contributed by atoms with Crippen LogP contribution in [0.15, 0.2) is 42.6 Å². The van der Waals surface area contributed by atoms with E-state index in [0.29, 0.717) is 22.8 Å². The van der Waals surface area contributed by atoms with Crippen LogP contribution in [-0.2, 0) is 0 Å². The van der Waals surface area contributed by atoms with E-state index in [-0.39, 0.29) is 17.4 Å². The van der Waals surface area contributed by atoms with Crippen LogP contribution in [0.3, 0.4) is 0 Å². The molecule has 1 aromatic carbocycles. The number of benzene rings is 1. The summed E-state index contributed by atoms with van der Waals surface area (Å²) in [6.07, 6.45) is 2.53. The zero-order valence-corrected chi connectivity index (χ0v) is 15.3. The molecule has 2 N–H and O–H groups in total. The fourth-order valence-corrected chi connectivity index (χ4v) is 2.78. The van der Waals surface area contributed by atoms with Gasteiger partial charge in [0.2, 0.25) is 5.82 Å². The first-order valence-corrected chi connectivity index (χ1v) is 8.72. The van der Waals surface area contributed by atoms with E-state index in [1.165, 1.54) is 0 Å². The van der Waals surface area contributed by atoms with Crippen molar-refractivity contribution >= 4 is 34.6 Å². The Bertz CT molecular complexity index is 981. The third-order valence-electron chi connectivity index (χ3n) is 4.02. The van der Waals surface area contributed by atoms with Crippen molar-refractivity contribution < 1.29 is 9.59 Å². The molecule has 7 heteroatoms. The number of rotatable bonds is 5. The Morgan fingerprint density at radius 1 is 1.15 bits per heavy atom. The van der Waals surface area contributed by atoms with Crippen LogP contribution in [-0.4, -0.2) is 27.7 Å². The van der Waals surface area contributed by atoms with Gasteiger partial charge in [-0.15, -0.1) is 0 Å². The molecule has 0 aliphatic heterocycles. The molecule has 2 amide bonds. The summed E-state index contributed by atoms with van der Waals surface area (Å²) >= 11 is 6.11. The maximum atomic E-state index is 12.8. The molecule has 0 aliphatic rings. The van der Waals surface area contributed by atoms with Crippen LogP contribution < -0.4 is 10.6 Å². The zero-order chi connectivity index (χ0) is 18.7. The molecule has 0 bridgehead atoms. The number of fused-ring (bicyclic) bond motifs is 1. The molecule has 2 heterocycles. The van der Waals surface area contributed by atoms with Crippen LogP contribution in [0.1, 0.15) is 40.0 Å². The van der Waals surface area contributed by atoms with Crippen molar-refractivity contribution in [2.24, 2.45) is 0 Å². The number of hydrogen-bond donors (Lipinski definition) is 2. The predicted octanol–water partition coefficient (Wildman–Crippen LogP) is 3.69. The Hall–Kier alpha value is -2.86. The van der Waals surface area contributed by atoms with Gasteiger partial charge in [-0.05, 0) is 43.2 Å². The van der Waals surface area contributed by atoms with E-state index in [1.807, 2.05) is 13.8 Å². The van der Waals surface area contributed by atoms with Gasteiger partial charge in [0.05, 0.1) is 5.52 Å². The fraction of sp³-hybridized carbons (Fsp3) is 0.211. The third kappa shape index (κ3) is 3.41. The number of amides is 2. The summed E-state index contributed by atoms with van der Waals surface area (Å²) in [5.41, 5.74) is 2.18. The molecule has 0 unspecified atom stereocenters. The molecule has 2 aromatic heterocycles. The summed E-state index contributed by atoms with van der Waals surface area (Å²) in [5.74, 6) is -0.568. The van der Waals surface area contributed by atoms with Gasteiger partial charge in [0.15, 0.2) is 5.69 Å². The lowest BCUT2D eigenvalue weighted by atomic mass is 10.2. The van der Waals surface area contributed by atoms with Crippen molar-refractivity contribution in [1.29, 1.82) is 0 Å². The topological polar surface area (TPSA) is 75.5 Å². The number of imidazole rings is 1. The molecule has 0 radical (unpaired) electrons. The number of carbonyl (C=O) groups excluding carboxylic acids is 2. The van der Waals surface area contributed by atoms with Crippen molar-refractivity contribution in [3.63, 3.8) is 0 Å². The van der Waals surface area contributed by atoms with E-state index in [1.54, 1.807) is 47.0 Å². The summed E-state index contributed by atoms with van der Waals surface area (Å²) in [4.78, 5) is 29.4. The van der Waals surface area contributed by atoms with Gasteiger partial charge in [-0.3, -0.25) is 14.0 Å². The van der Waals surface area contributed by atoms with Crippen molar-refractivity contribution in [3.8, 4) is 0 Å². The van der Waals surface area contributed by atoms with Gasteiger partial charge < -0.3 is 10.6 Å². The molecular weight excluding hydrogens is 352 g/mol. The van der Waals surface area contributed by atoms with E-state index in [0.717, 1.165) is 12.0 Å². The number of carbonyl (C=O) groups is 2. The Labute approximate surface area is 156 Å². The van der Waals surface area contributed by atoms with Gasteiger partial charge in [0, 0.05) is 23.5 Å². The van der Waals surface area contributed by atoms with E-state index >= 15 is 0 Å². The standard InChI is InChI=1S/C19H19ClN4O2/c1-3-10-21-18(25)16-15-9-4-5-11-24(15)17(23-16)19(26)22-14-8-6-7-13(20)12(14)2/h4-9,11H,3,10H2,1-2H3,(H,21,25)(H,22,26). The van der Waals surface area contributed by atoms with Crippen LogP contribution in [0.25, 0.3) is 5.52 Å². The summed E-state index contributed by atoms with van der Waals surface area (Å²) in [7, 11) is 0. The average molecular weight is 371 g/mol. The minimum absolute atomic E-state index is 0.140. The maximum Gasteiger partial charge on any atom is 0.292 e. The van der Waals surface area contributed by atoms with Gasteiger partial charge in [0.25, 0.3) is 11.8 Å². The monoisotopic (exact) mass is 370 g/mol. The number of anilines is 1. The number of hydrogen-bond acceptors (Lipinski definition) is 3. The summed E-state index contributed by atoms with van der Waals surface area (Å²) in [6, 6.07) is 10.6. The lowest BCUT2D eigenvalue weighted by Crippen LogP contribution is -2.24. The molecule has 0 aliphatic carbocycles. The number of halogens is 1. The maximum absolute atomic E-state index is 12.8. The molecule has 0 spiro atoms. The van der Waals surface area contributed by atoms with E-state index in [2.05, 4.69) is 15.6 Å². The van der Waals surface area contributed by atoms with E-state index < -0.39 is 5.91 Å². The highest BCUT2D eigenvalue weighted by Gasteiger charge is 2.21. The zero-order valence-electron chi connectivity index (χ0n) is 14.5. The normalized spacial score (nSPS) is 10.7. The quantitative estimate of drug-likeness (QED) is 0.719. The van der Waals surface area contributed by atoms with Crippen molar-refractivity contribution in [1.82, 2.24) is 14.7 Å². The molecule has 0 atom stereocenters. The minimum Gasteiger partial charge on any atom is -0.351 e. The first-order chi connectivity index (χ1) is 12.5. The minimum atomic E-state index is -0.411. The Kier molecular flexibility index (Phi) is 5.23. The Morgan fingerprint density at radius 3 is 2.73 bits per heavy atom. The van der Waals surface area contributed by atoms with Crippen molar-refractivity contribution in [2.75, 3.05) is 11.9 Å². The van der Waals surface area contributed by atoms with E-state index in [4.69, 9.17) is 11.6 Å². The lowest BCUT2D eigenvalue weighted by molar-refractivity contribution is 0.0951. The average Bonchev–Trinajstić information content (AvgIpc) is 3.03. The third-order valence-corrected chi connectivity index (χ3v) is 4.43. The number of nitrogens with zero attached hydrogens (tertiary/aromatic N) is 2. The predicted molar refractivity (Wildman–Crippen MR) is 102 cm³/mol. The fourth-order valence-electron chi connectivity index (χ4n) is 2.61. The Balaban J connectivity index is 1.98. The molecule has 3 rings (SSSR count). The van der Waals surface area contributed by atoms with Crippen LogP contribution in [0.5, 0.6) is 0 Å². The van der Waals surface area contributed by atoms with Crippen molar-refractivity contribution in [2.45, 2.75) is 20.3 Å². The molecule has 26 heavy (non-hydrogen) atoms. The molecule has 134 valence electrons. The number of nitrogens with one attached hydrogen (secondary N) is 2. The Morgan fingerprint density at radius 2 is 1.96 bits per heavy atom. The van der Waals surface area contributed by atoms with Crippen LogP contribution in [0, 0.1) is 6.92 Å². The van der Waals surface area contributed by atoms with Gasteiger partial charge in [-0.2, -0.15) is 0 Å². The van der Waals surface area contributed by atoms with Crippen LogP contribution in [0.2, 0.25) is 5.02 Å². The summed E-state index contributed by atoms with van der Waals surface area (Å²) in [5, 5.41) is 6.18. The second kappa shape index (κ2) is 7.58. The van der Waals surface area contributed by atoms with Gasteiger partial charge in [0.1, 0.15) is 0 Å². The SMILES string of the molecule is CCCNC(=O)c1nc(C(=O)Nc2cccc(Cl)c2C)n2ccccc12. The highest BCUT2D eigenvalue weighted by molar-refractivity contribution is 6.31. The molecule has 3 aromatic rings. The lowest BCUT2D eigenvalue weighted by Gasteiger charge is -2.08. The molecule has 0 fully saturated rings. The summed E-state index contributed by atoms with van der Waals surface area (Å²) in [6.45, 7) is 4.34. The van der Waals surface area contributed by atoms with Crippen LogP contribution in [0.4, 0.5) is 5.69 Å². The summed E-state index contributed by atoms with van der Waals surface area (Å²) < 4.78 is 1.61. The largest absolute Gasteiger partial charge is 0.351 e. The van der Waals surface area contributed by atoms with Gasteiger partial charge >= 0.3 is 0 Å². The second-order valence-electron chi connectivity index (χ2n) is 5.86. The smallest absolute Gasteiger partial charge is 0.292 e. The first-order valence-electron chi connectivity index (χ1n) is 8.34. The molecule has 6 nitrogen and oxygen atoms in total. The highest BCUT2D eigenvalue weighted by atomic mass is 35.5.